The summed E-state index contributed by atoms with van der Waals surface area (Å²) < 4.78 is 23.3. The minimum atomic E-state index is -1.06. The molecule has 1 aromatic rings. The van der Waals surface area contributed by atoms with Gasteiger partial charge in [-0.1, -0.05) is 37.3 Å². The van der Waals surface area contributed by atoms with Crippen molar-refractivity contribution >= 4 is 23.5 Å². The number of hydrogen-bond donors (Lipinski definition) is 1. The van der Waals surface area contributed by atoms with Crippen molar-refractivity contribution in [1.82, 2.24) is 0 Å². The van der Waals surface area contributed by atoms with E-state index in [1.54, 1.807) is 0 Å². The van der Waals surface area contributed by atoms with Gasteiger partial charge in [-0.05, 0) is 12.7 Å². The molecule has 8 heteroatoms. The second kappa shape index (κ2) is 9.84. The molecule has 0 aliphatic carbocycles. The molecule has 28 heavy (non-hydrogen) atoms. The molecule has 2 saturated heterocycles. The first kappa shape index (κ1) is 21.3. The van der Waals surface area contributed by atoms with E-state index in [2.05, 4.69) is 0 Å². The van der Waals surface area contributed by atoms with Gasteiger partial charge in [0.15, 0.2) is 12.4 Å². The summed E-state index contributed by atoms with van der Waals surface area (Å²) in [5, 5.41) is 10.9. The summed E-state index contributed by atoms with van der Waals surface area (Å²) in [6, 6.07) is 9.44. The number of aliphatic hydroxyl groups is 1. The number of esters is 1. The lowest BCUT2D eigenvalue weighted by atomic mass is 9.98. The number of hydrogen-bond acceptors (Lipinski definition) is 8. The SMILES string of the molecule is CCSC1O[C@@H]2COC(c3ccccc3)O[C@H]2[C@H](O)[C@H]1OC(=O)CCC(C)=O. The average Bonchev–Trinajstić information content (AvgIpc) is 2.70. The normalized spacial score (nSPS) is 32.4. The molecule has 0 radical (unpaired) electrons. The molecule has 0 spiro atoms. The van der Waals surface area contributed by atoms with E-state index < -0.39 is 42.1 Å². The summed E-state index contributed by atoms with van der Waals surface area (Å²) in [7, 11) is 0. The molecule has 0 aromatic heterocycles. The molecule has 1 aromatic carbocycles. The van der Waals surface area contributed by atoms with Gasteiger partial charge in [-0.3, -0.25) is 4.79 Å². The monoisotopic (exact) mass is 410 g/mol. The van der Waals surface area contributed by atoms with Crippen molar-refractivity contribution in [3.63, 3.8) is 0 Å². The fourth-order valence-corrected chi connectivity index (χ4v) is 4.21. The Morgan fingerprint density at radius 3 is 2.64 bits per heavy atom. The predicted octanol–water partition coefficient (Wildman–Crippen LogP) is 2.22. The van der Waals surface area contributed by atoms with Gasteiger partial charge in [0.25, 0.3) is 0 Å². The van der Waals surface area contributed by atoms with Crippen LogP contribution in [0.5, 0.6) is 0 Å². The molecule has 2 unspecified atom stereocenters. The Labute approximate surface area is 168 Å². The van der Waals surface area contributed by atoms with E-state index in [-0.39, 0.29) is 25.2 Å². The number of benzene rings is 1. The molecule has 1 N–H and O–H groups in total. The van der Waals surface area contributed by atoms with Crippen LogP contribution >= 0.6 is 11.8 Å². The molecule has 7 nitrogen and oxygen atoms in total. The Morgan fingerprint density at radius 1 is 1.21 bits per heavy atom. The molecule has 0 bridgehead atoms. The highest BCUT2D eigenvalue weighted by Gasteiger charge is 2.51. The van der Waals surface area contributed by atoms with Crippen LogP contribution in [0.4, 0.5) is 0 Å². The quantitative estimate of drug-likeness (QED) is 0.685. The standard InChI is InChI=1S/C20H26O7S/c1-3-28-20-18(26-15(22)10-9-12(2)21)16(23)17-14(25-20)11-24-19(27-17)13-7-5-4-6-8-13/h4-8,14,16-20,23H,3,9-11H2,1-2H3/t14-,16+,17-,18-,19?,20?/m1/s1. The predicted molar refractivity (Wildman–Crippen MR) is 103 cm³/mol. The summed E-state index contributed by atoms with van der Waals surface area (Å²) in [6.45, 7) is 3.65. The molecule has 2 aliphatic rings. The largest absolute Gasteiger partial charge is 0.456 e. The maximum Gasteiger partial charge on any atom is 0.306 e. The fraction of sp³-hybridized carbons (Fsp3) is 0.600. The van der Waals surface area contributed by atoms with E-state index in [4.69, 9.17) is 18.9 Å². The van der Waals surface area contributed by atoms with E-state index in [0.29, 0.717) is 0 Å². The molecule has 0 saturated carbocycles. The zero-order chi connectivity index (χ0) is 20.1. The second-order valence-corrected chi connectivity index (χ2v) is 8.20. The minimum Gasteiger partial charge on any atom is -0.456 e. The molecule has 154 valence electrons. The third-order valence-corrected chi connectivity index (χ3v) is 5.70. The molecule has 3 rings (SSSR count). The van der Waals surface area contributed by atoms with Crippen LogP contribution in [-0.2, 0) is 28.5 Å². The van der Waals surface area contributed by atoms with E-state index in [1.165, 1.54) is 18.7 Å². The van der Waals surface area contributed by atoms with Crippen LogP contribution in [0.15, 0.2) is 30.3 Å². The van der Waals surface area contributed by atoms with Gasteiger partial charge >= 0.3 is 5.97 Å². The van der Waals surface area contributed by atoms with Gasteiger partial charge in [0.2, 0.25) is 0 Å². The summed E-state index contributed by atoms with van der Waals surface area (Å²) >= 11 is 1.45. The number of thioether (sulfide) groups is 1. The molecule has 0 amide bonds. The van der Waals surface area contributed by atoms with Crippen LogP contribution in [0.3, 0.4) is 0 Å². The van der Waals surface area contributed by atoms with Gasteiger partial charge in [-0.25, -0.2) is 0 Å². The average molecular weight is 410 g/mol. The Balaban J connectivity index is 1.70. The molecule has 2 aliphatic heterocycles. The third-order valence-electron chi connectivity index (χ3n) is 4.66. The smallest absolute Gasteiger partial charge is 0.306 e. The summed E-state index contributed by atoms with van der Waals surface area (Å²) in [4.78, 5) is 23.3. The Morgan fingerprint density at radius 2 is 1.96 bits per heavy atom. The van der Waals surface area contributed by atoms with Crippen molar-refractivity contribution in [1.29, 1.82) is 0 Å². The highest BCUT2D eigenvalue weighted by molar-refractivity contribution is 7.99. The molecular formula is C20H26O7S. The topological polar surface area (TPSA) is 91.3 Å². The number of fused-ring (bicyclic) bond motifs is 1. The lowest BCUT2D eigenvalue weighted by molar-refractivity contribution is -0.319. The van der Waals surface area contributed by atoms with Crippen LogP contribution in [-0.4, -0.2) is 59.1 Å². The minimum absolute atomic E-state index is 0.0211. The van der Waals surface area contributed by atoms with E-state index in [0.717, 1.165) is 11.3 Å². The number of carbonyl (C=O) groups excluding carboxylic acids is 2. The molecular weight excluding hydrogens is 384 g/mol. The van der Waals surface area contributed by atoms with E-state index >= 15 is 0 Å². The zero-order valence-corrected chi connectivity index (χ0v) is 16.8. The molecule has 2 heterocycles. The van der Waals surface area contributed by atoms with E-state index in [9.17, 15) is 14.7 Å². The molecule has 6 atom stereocenters. The van der Waals surface area contributed by atoms with Crippen molar-refractivity contribution in [3.05, 3.63) is 35.9 Å². The number of Topliss-reactive ketones (excluding diaryl/α,β-unsaturated/α-hetero) is 1. The Hall–Kier alpha value is -1.45. The Bertz CT molecular complexity index is 668. The first-order valence-corrected chi connectivity index (χ1v) is 10.5. The van der Waals surface area contributed by atoms with Crippen molar-refractivity contribution in [2.24, 2.45) is 0 Å². The highest BCUT2D eigenvalue weighted by Crippen LogP contribution is 2.37. The zero-order valence-electron chi connectivity index (χ0n) is 16.0. The lowest BCUT2D eigenvalue weighted by Gasteiger charge is -2.47. The van der Waals surface area contributed by atoms with Crippen LogP contribution in [0, 0.1) is 0 Å². The van der Waals surface area contributed by atoms with Gasteiger partial charge in [-0.15, -0.1) is 11.8 Å². The summed E-state index contributed by atoms with van der Waals surface area (Å²) in [5.74, 6) is 0.107. The van der Waals surface area contributed by atoms with Crippen LogP contribution in [0.1, 0.15) is 38.5 Å². The number of carbonyl (C=O) groups is 2. The highest BCUT2D eigenvalue weighted by atomic mass is 32.2. The number of aliphatic hydroxyl groups excluding tert-OH is 1. The maximum atomic E-state index is 12.1. The van der Waals surface area contributed by atoms with Crippen molar-refractivity contribution in [2.45, 2.75) is 62.8 Å². The van der Waals surface area contributed by atoms with Gasteiger partial charge in [0, 0.05) is 12.0 Å². The van der Waals surface area contributed by atoms with Crippen LogP contribution in [0.2, 0.25) is 0 Å². The van der Waals surface area contributed by atoms with Crippen molar-refractivity contribution in [3.8, 4) is 0 Å². The number of rotatable bonds is 7. The third kappa shape index (κ3) is 5.12. The Kier molecular flexibility index (Phi) is 7.48. The summed E-state index contributed by atoms with van der Waals surface area (Å²) in [5.41, 5.74) is 0.316. The number of ether oxygens (including phenoxy) is 4. The summed E-state index contributed by atoms with van der Waals surface area (Å²) in [6.07, 6.45) is -3.60. The van der Waals surface area contributed by atoms with E-state index in [1.807, 2.05) is 37.3 Å². The van der Waals surface area contributed by atoms with Crippen LogP contribution in [0.25, 0.3) is 0 Å². The fourth-order valence-electron chi connectivity index (χ4n) is 3.26. The number of ketones is 1. The maximum absolute atomic E-state index is 12.1. The van der Waals surface area contributed by atoms with Gasteiger partial charge < -0.3 is 28.8 Å². The van der Waals surface area contributed by atoms with Crippen molar-refractivity contribution in [2.75, 3.05) is 12.4 Å². The lowest BCUT2D eigenvalue weighted by Crippen LogP contribution is -2.62. The van der Waals surface area contributed by atoms with Gasteiger partial charge in [-0.2, -0.15) is 0 Å². The van der Waals surface area contributed by atoms with Gasteiger partial charge in [0.05, 0.1) is 13.0 Å². The van der Waals surface area contributed by atoms with Crippen LogP contribution < -0.4 is 0 Å². The van der Waals surface area contributed by atoms with Gasteiger partial charge in [0.1, 0.15) is 29.5 Å². The molecule has 2 fully saturated rings. The van der Waals surface area contributed by atoms with Crippen molar-refractivity contribution < 1.29 is 33.6 Å². The first-order chi connectivity index (χ1) is 13.5. The first-order valence-electron chi connectivity index (χ1n) is 9.45. The second-order valence-electron chi connectivity index (χ2n) is 6.82.